The number of halogens is 1. The van der Waals surface area contributed by atoms with Crippen LogP contribution in [-0.4, -0.2) is 21.6 Å². The molecule has 0 saturated carbocycles. The van der Waals surface area contributed by atoms with Gasteiger partial charge in [-0.2, -0.15) is 0 Å². The van der Waals surface area contributed by atoms with E-state index in [4.69, 9.17) is 0 Å². The molecule has 0 aliphatic carbocycles. The highest BCUT2D eigenvalue weighted by molar-refractivity contribution is 5.80. The second-order valence-electron chi connectivity index (χ2n) is 6.24. The van der Waals surface area contributed by atoms with Gasteiger partial charge in [0.05, 0.1) is 11.0 Å². The summed E-state index contributed by atoms with van der Waals surface area (Å²) in [6.07, 6.45) is 1.45. The molecule has 3 rings (SSSR count). The third-order valence-corrected chi connectivity index (χ3v) is 4.32. The van der Waals surface area contributed by atoms with Crippen LogP contribution in [0.4, 0.5) is 4.39 Å². The van der Waals surface area contributed by atoms with E-state index in [0.29, 0.717) is 19.5 Å². The van der Waals surface area contributed by atoms with Gasteiger partial charge in [-0.1, -0.05) is 31.2 Å². The first-order valence-corrected chi connectivity index (χ1v) is 8.79. The standard InChI is InChI=1S/C20H22FN3O2/c1-2-13-23-17-5-3-4-6-18(17)24(20(23)26)14-19(25)22-12-11-15-7-9-16(21)10-8-15/h3-10H,2,11-14H2,1H3,(H,22,25). The molecular formula is C20H22FN3O2. The zero-order valence-electron chi connectivity index (χ0n) is 14.7. The minimum Gasteiger partial charge on any atom is -0.354 e. The monoisotopic (exact) mass is 355 g/mol. The fourth-order valence-electron chi connectivity index (χ4n) is 3.06. The van der Waals surface area contributed by atoms with Crippen molar-refractivity contribution in [3.8, 4) is 0 Å². The number of carbonyl (C=O) groups is 1. The molecule has 1 aromatic heterocycles. The van der Waals surface area contributed by atoms with Gasteiger partial charge in [0.15, 0.2) is 0 Å². The molecule has 1 heterocycles. The summed E-state index contributed by atoms with van der Waals surface area (Å²) >= 11 is 0. The van der Waals surface area contributed by atoms with Gasteiger partial charge < -0.3 is 5.32 Å². The summed E-state index contributed by atoms with van der Waals surface area (Å²) in [4.78, 5) is 24.9. The number of imidazole rings is 1. The Kier molecular flexibility index (Phi) is 5.51. The molecule has 26 heavy (non-hydrogen) atoms. The number of nitrogens with zero attached hydrogens (tertiary/aromatic N) is 2. The maximum atomic E-state index is 12.9. The SMILES string of the molecule is CCCn1c(=O)n(CC(=O)NCCc2ccc(F)cc2)c2ccccc21. The van der Waals surface area contributed by atoms with Crippen LogP contribution in [0.5, 0.6) is 0 Å². The summed E-state index contributed by atoms with van der Waals surface area (Å²) in [5, 5.41) is 2.83. The smallest absolute Gasteiger partial charge is 0.329 e. The summed E-state index contributed by atoms with van der Waals surface area (Å²) in [6.45, 7) is 3.06. The van der Waals surface area contributed by atoms with E-state index in [1.165, 1.54) is 16.7 Å². The van der Waals surface area contributed by atoms with Crippen LogP contribution in [0.3, 0.4) is 0 Å². The summed E-state index contributed by atoms with van der Waals surface area (Å²) in [5.74, 6) is -0.491. The second-order valence-corrected chi connectivity index (χ2v) is 6.24. The average molecular weight is 355 g/mol. The molecule has 5 nitrogen and oxygen atoms in total. The number of hydrogen-bond acceptors (Lipinski definition) is 2. The second kappa shape index (κ2) is 7.99. The van der Waals surface area contributed by atoms with Crippen molar-refractivity contribution in [2.45, 2.75) is 32.9 Å². The first-order chi connectivity index (χ1) is 12.6. The molecule has 3 aromatic rings. The van der Waals surface area contributed by atoms with E-state index < -0.39 is 0 Å². The highest BCUT2D eigenvalue weighted by Crippen LogP contribution is 2.13. The molecule has 1 N–H and O–H groups in total. The van der Waals surface area contributed by atoms with E-state index in [2.05, 4.69) is 5.32 Å². The molecular weight excluding hydrogens is 333 g/mol. The van der Waals surface area contributed by atoms with Gasteiger partial charge in [0.25, 0.3) is 0 Å². The highest BCUT2D eigenvalue weighted by Gasteiger charge is 2.14. The number of fused-ring (bicyclic) bond motifs is 1. The van der Waals surface area contributed by atoms with Crippen molar-refractivity contribution in [1.29, 1.82) is 0 Å². The fourth-order valence-corrected chi connectivity index (χ4v) is 3.06. The molecule has 136 valence electrons. The topological polar surface area (TPSA) is 56.0 Å². The number of benzene rings is 2. The molecule has 0 atom stereocenters. The minimum atomic E-state index is -0.277. The van der Waals surface area contributed by atoms with Crippen molar-refractivity contribution < 1.29 is 9.18 Å². The average Bonchev–Trinajstić information content (AvgIpc) is 2.90. The Balaban J connectivity index is 1.68. The lowest BCUT2D eigenvalue weighted by molar-refractivity contribution is -0.121. The van der Waals surface area contributed by atoms with Crippen LogP contribution in [0.1, 0.15) is 18.9 Å². The zero-order valence-corrected chi connectivity index (χ0v) is 14.7. The van der Waals surface area contributed by atoms with Crippen molar-refractivity contribution in [3.63, 3.8) is 0 Å². The largest absolute Gasteiger partial charge is 0.354 e. The number of aromatic nitrogens is 2. The summed E-state index contributed by atoms with van der Waals surface area (Å²) in [7, 11) is 0. The third kappa shape index (κ3) is 3.85. The molecule has 0 bridgehead atoms. The Bertz CT molecular complexity index is 957. The molecule has 0 saturated heterocycles. The Hall–Kier alpha value is -2.89. The lowest BCUT2D eigenvalue weighted by Crippen LogP contribution is -2.34. The molecule has 1 amide bonds. The number of aryl methyl sites for hydroxylation is 1. The molecule has 0 unspecified atom stereocenters. The normalized spacial score (nSPS) is 11.0. The van der Waals surface area contributed by atoms with Crippen molar-refractivity contribution in [3.05, 3.63) is 70.4 Å². The van der Waals surface area contributed by atoms with Gasteiger partial charge in [-0.25, -0.2) is 9.18 Å². The van der Waals surface area contributed by atoms with E-state index in [-0.39, 0.29) is 24.0 Å². The number of hydrogen-bond donors (Lipinski definition) is 1. The molecule has 0 aliphatic rings. The van der Waals surface area contributed by atoms with Gasteiger partial charge in [0.2, 0.25) is 5.91 Å². The van der Waals surface area contributed by atoms with Crippen molar-refractivity contribution in [2.24, 2.45) is 0 Å². The maximum Gasteiger partial charge on any atom is 0.329 e. The number of carbonyl (C=O) groups excluding carboxylic acids is 1. The molecule has 6 heteroatoms. The molecule has 0 radical (unpaired) electrons. The molecule has 0 spiro atoms. The number of nitrogens with one attached hydrogen (secondary N) is 1. The Labute approximate surface area is 151 Å². The van der Waals surface area contributed by atoms with Gasteiger partial charge in [-0.05, 0) is 42.7 Å². The molecule has 0 fully saturated rings. The van der Waals surface area contributed by atoms with Crippen molar-refractivity contribution >= 4 is 16.9 Å². The van der Waals surface area contributed by atoms with Crippen LogP contribution < -0.4 is 11.0 Å². The van der Waals surface area contributed by atoms with Gasteiger partial charge in [0.1, 0.15) is 12.4 Å². The zero-order chi connectivity index (χ0) is 18.5. The van der Waals surface area contributed by atoms with Crippen LogP contribution in [-0.2, 0) is 24.3 Å². The quantitative estimate of drug-likeness (QED) is 0.708. The molecule has 2 aromatic carbocycles. The predicted octanol–water partition coefficient (Wildman–Crippen LogP) is 2.71. The van der Waals surface area contributed by atoms with Crippen LogP contribution in [0.25, 0.3) is 11.0 Å². The van der Waals surface area contributed by atoms with E-state index in [0.717, 1.165) is 23.0 Å². The van der Waals surface area contributed by atoms with Crippen molar-refractivity contribution in [2.75, 3.05) is 6.54 Å². The van der Waals surface area contributed by atoms with Crippen LogP contribution in [0, 0.1) is 5.82 Å². The van der Waals surface area contributed by atoms with E-state index in [9.17, 15) is 14.0 Å². The summed E-state index contributed by atoms with van der Waals surface area (Å²) < 4.78 is 16.1. The highest BCUT2D eigenvalue weighted by atomic mass is 19.1. The summed E-state index contributed by atoms with van der Waals surface area (Å²) in [6, 6.07) is 13.7. The Morgan fingerprint density at radius 1 is 1.04 bits per heavy atom. The van der Waals surface area contributed by atoms with Crippen LogP contribution in [0.15, 0.2) is 53.3 Å². The maximum absolute atomic E-state index is 12.9. The molecule has 0 aliphatic heterocycles. The van der Waals surface area contributed by atoms with Crippen molar-refractivity contribution in [1.82, 2.24) is 14.5 Å². The lowest BCUT2D eigenvalue weighted by atomic mass is 10.1. The van der Waals surface area contributed by atoms with Gasteiger partial charge in [0, 0.05) is 13.1 Å². The fraction of sp³-hybridized carbons (Fsp3) is 0.300. The Morgan fingerprint density at radius 3 is 2.35 bits per heavy atom. The number of para-hydroxylation sites is 2. The number of rotatable bonds is 7. The van der Waals surface area contributed by atoms with E-state index >= 15 is 0 Å². The summed E-state index contributed by atoms with van der Waals surface area (Å²) in [5.41, 5.74) is 2.39. The van der Waals surface area contributed by atoms with Gasteiger partial charge in [-0.3, -0.25) is 13.9 Å². The van der Waals surface area contributed by atoms with Crippen LogP contribution >= 0.6 is 0 Å². The first-order valence-electron chi connectivity index (χ1n) is 8.79. The predicted molar refractivity (Wildman–Crippen MR) is 99.6 cm³/mol. The van der Waals surface area contributed by atoms with E-state index in [1.54, 1.807) is 16.7 Å². The first kappa shape index (κ1) is 17.9. The minimum absolute atomic E-state index is 0.0144. The van der Waals surface area contributed by atoms with E-state index in [1.807, 2.05) is 31.2 Å². The lowest BCUT2D eigenvalue weighted by Gasteiger charge is -2.06. The number of amides is 1. The van der Waals surface area contributed by atoms with Gasteiger partial charge >= 0.3 is 5.69 Å². The Morgan fingerprint density at radius 2 is 1.69 bits per heavy atom. The van der Waals surface area contributed by atoms with Crippen LogP contribution in [0.2, 0.25) is 0 Å². The van der Waals surface area contributed by atoms with Gasteiger partial charge in [-0.15, -0.1) is 0 Å². The third-order valence-electron chi connectivity index (χ3n) is 4.32.